The van der Waals surface area contributed by atoms with Crippen molar-refractivity contribution in [3.8, 4) is 11.1 Å². The summed E-state index contributed by atoms with van der Waals surface area (Å²) in [7, 11) is 0. The standard InChI is InChI=1S/C24H26N2O2/c27-16-22(18-6-2-1-3-7-18)26-24(28)20-13-11-17(12-14-20)21-10-4-8-19-9-5-15-25-23(19)21/h4-5,8-15,18,22,27H,1-3,6-7,16H2,(H,26,28)/t22-/m1/s1. The molecule has 1 amide bonds. The lowest BCUT2D eigenvalue weighted by Crippen LogP contribution is -2.43. The molecule has 0 unspecified atom stereocenters. The third-order valence-corrected chi connectivity index (χ3v) is 5.82. The first-order chi connectivity index (χ1) is 13.8. The monoisotopic (exact) mass is 374 g/mol. The molecular weight excluding hydrogens is 348 g/mol. The number of hydrogen-bond acceptors (Lipinski definition) is 3. The first-order valence-corrected chi connectivity index (χ1v) is 10.1. The summed E-state index contributed by atoms with van der Waals surface area (Å²) in [5, 5.41) is 13.9. The van der Waals surface area contributed by atoms with Gasteiger partial charge in [0.2, 0.25) is 0 Å². The summed E-state index contributed by atoms with van der Waals surface area (Å²) in [6.45, 7) is -0.00381. The molecule has 1 fully saturated rings. The van der Waals surface area contributed by atoms with E-state index in [0.717, 1.165) is 34.9 Å². The fraction of sp³-hybridized carbons (Fsp3) is 0.333. The Morgan fingerprint density at radius 1 is 1.04 bits per heavy atom. The fourth-order valence-electron chi connectivity index (χ4n) is 4.24. The number of carbonyl (C=O) groups is 1. The van der Waals surface area contributed by atoms with E-state index in [2.05, 4.69) is 16.4 Å². The molecule has 0 spiro atoms. The van der Waals surface area contributed by atoms with E-state index in [1.54, 1.807) is 6.20 Å². The highest BCUT2D eigenvalue weighted by Gasteiger charge is 2.24. The Labute approximate surface area is 165 Å². The van der Waals surface area contributed by atoms with Gasteiger partial charge in [-0.3, -0.25) is 9.78 Å². The van der Waals surface area contributed by atoms with Crippen LogP contribution in [0, 0.1) is 5.92 Å². The summed E-state index contributed by atoms with van der Waals surface area (Å²) >= 11 is 0. The van der Waals surface area contributed by atoms with E-state index in [4.69, 9.17) is 0 Å². The van der Waals surface area contributed by atoms with Crippen molar-refractivity contribution >= 4 is 16.8 Å². The van der Waals surface area contributed by atoms with Crippen molar-refractivity contribution in [2.45, 2.75) is 38.1 Å². The van der Waals surface area contributed by atoms with Crippen LogP contribution in [0.3, 0.4) is 0 Å². The van der Waals surface area contributed by atoms with Gasteiger partial charge in [-0.1, -0.05) is 55.7 Å². The Morgan fingerprint density at radius 3 is 2.54 bits per heavy atom. The van der Waals surface area contributed by atoms with E-state index in [1.165, 1.54) is 19.3 Å². The number of amides is 1. The van der Waals surface area contributed by atoms with Gasteiger partial charge in [0.15, 0.2) is 0 Å². The molecule has 1 aliphatic rings. The molecule has 0 saturated heterocycles. The third kappa shape index (κ3) is 3.92. The molecular formula is C24H26N2O2. The number of benzene rings is 2. The Hall–Kier alpha value is -2.72. The molecule has 4 rings (SSSR count). The van der Waals surface area contributed by atoms with Crippen LogP contribution in [-0.4, -0.2) is 28.6 Å². The first kappa shape index (κ1) is 18.6. The highest BCUT2D eigenvalue weighted by atomic mass is 16.3. The van der Waals surface area contributed by atoms with Gasteiger partial charge >= 0.3 is 0 Å². The van der Waals surface area contributed by atoms with E-state index in [9.17, 15) is 9.90 Å². The first-order valence-electron chi connectivity index (χ1n) is 10.1. The van der Waals surface area contributed by atoms with Gasteiger partial charge in [0.05, 0.1) is 18.2 Å². The molecule has 1 heterocycles. The van der Waals surface area contributed by atoms with Crippen molar-refractivity contribution in [3.05, 3.63) is 66.4 Å². The average molecular weight is 374 g/mol. The van der Waals surface area contributed by atoms with E-state index in [1.807, 2.05) is 48.5 Å². The van der Waals surface area contributed by atoms with Gasteiger partial charge < -0.3 is 10.4 Å². The molecule has 1 aromatic heterocycles. The minimum Gasteiger partial charge on any atom is -0.394 e. The van der Waals surface area contributed by atoms with Crippen LogP contribution in [0.2, 0.25) is 0 Å². The Balaban J connectivity index is 1.51. The van der Waals surface area contributed by atoms with Crippen molar-refractivity contribution < 1.29 is 9.90 Å². The number of aliphatic hydroxyl groups is 1. The molecule has 2 N–H and O–H groups in total. The maximum atomic E-state index is 12.7. The molecule has 0 bridgehead atoms. The topological polar surface area (TPSA) is 62.2 Å². The number of aliphatic hydroxyl groups excluding tert-OH is 1. The van der Waals surface area contributed by atoms with Crippen LogP contribution in [-0.2, 0) is 0 Å². The number of nitrogens with zero attached hydrogens (tertiary/aromatic N) is 1. The number of para-hydroxylation sites is 1. The van der Waals surface area contributed by atoms with Crippen molar-refractivity contribution in [1.29, 1.82) is 0 Å². The number of nitrogens with one attached hydrogen (secondary N) is 1. The molecule has 4 heteroatoms. The smallest absolute Gasteiger partial charge is 0.251 e. The second kappa shape index (κ2) is 8.53. The zero-order chi connectivity index (χ0) is 19.3. The largest absolute Gasteiger partial charge is 0.394 e. The molecule has 4 nitrogen and oxygen atoms in total. The molecule has 28 heavy (non-hydrogen) atoms. The van der Waals surface area contributed by atoms with Crippen molar-refractivity contribution in [3.63, 3.8) is 0 Å². The summed E-state index contributed by atoms with van der Waals surface area (Å²) in [5.74, 6) is 0.260. The van der Waals surface area contributed by atoms with Gasteiger partial charge in [-0.2, -0.15) is 0 Å². The van der Waals surface area contributed by atoms with Crippen LogP contribution in [0.5, 0.6) is 0 Å². The number of carbonyl (C=O) groups excluding carboxylic acids is 1. The van der Waals surface area contributed by atoms with E-state index < -0.39 is 0 Å². The van der Waals surface area contributed by atoms with Crippen LogP contribution in [0.1, 0.15) is 42.5 Å². The summed E-state index contributed by atoms with van der Waals surface area (Å²) in [4.78, 5) is 17.2. The van der Waals surface area contributed by atoms with Gasteiger partial charge in [-0.15, -0.1) is 0 Å². The number of hydrogen-bond donors (Lipinski definition) is 2. The zero-order valence-corrected chi connectivity index (χ0v) is 16.0. The SMILES string of the molecule is O=C(N[C@H](CO)C1CCCCC1)c1ccc(-c2cccc3cccnc23)cc1. The zero-order valence-electron chi connectivity index (χ0n) is 16.0. The lowest BCUT2D eigenvalue weighted by atomic mass is 9.84. The van der Waals surface area contributed by atoms with E-state index in [0.29, 0.717) is 11.5 Å². The minimum atomic E-state index is -0.158. The van der Waals surface area contributed by atoms with Gasteiger partial charge in [0, 0.05) is 22.7 Å². The van der Waals surface area contributed by atoms with Crippen LogP contribution in [0.25, 0.3) is 22.0 Å². The predicted molar refractivity (Wildman–Crippen MR) is 112 cm³/mol. The normalized spacial score (nSPS) is 16.0. The van der Waals surface area contributed by atoms with Gasteiger partial charge in [-0.05, 0) is 42.5 Å². The quantitative estimate of drug-likeness (QED) is 0.687. The summed E-state index contributed by atoms with van der Waals surface area (Å²) < 4.78 is 0. The Morgan fingerprint density at radius 2 is 1.79 bits per heavy atom. The Kier molecular flexibility index (Phi) is 5.68. The summed E-state index contributed by atoms with van der Waals surface area (Å²) in [6, 6.07) is 17.6. The van der Waals surface area contributed by atoms with Crippen LogP contribution < -0.4 is 5.32 Å². The van der Waals surface area contributed by atoms with Crippen LogP contribution in [0.15, 0.2) is 60.8 Å². The highest BCUT2D eigenvalue weighted by molar-refractivity contribution is 5.97. The highest BCUT2D eigenvalue weighted by Crippen LogP contribution is 2.28. The maximum Gasteiger partial charge on any atom is 0.251 e. The average Bonchev–Trinajstić information content (AvgIpc) is 2.77. The number of fused-ring (bicyclic) bond motifs is 1. The fourth-order valence-corrected chi connectivity index (χ4v) is 4.24. The molecule has 0 radical (unpaired) electrons. The van der Waals surface area contributed by atoms with Crippen molar-refractivity contribution in [2.24, 2.45) is 5.92 Å². The lowest BCUT2D eigenvalue weighted by Gasteiger charge is -2.29. The van der Waals surface area contributed by atoms with Gasteiger partial charge in [0.1, 0.15) is 0 Å². The van der Waals surface area contributed by atoms with Crippen LogP contribution in [0.4, 0.5) is 0 Å². The lowest BCUT2D eigenvalue weighted by molar-refractivity contribution is 0.0871. The Bertz CT molecular complexity index is 941. The summed E-state index contributed by atoms with van der Waals surface area (Å²) in [6.07, 6.45) is 7.59. The van der Waals surface area contributed by atoms with Gasteiger partial charge in [-0.25, -0.2) is 0 Å². The molecule has 144 valence electrons. The van der Waals surface area contributed by atoms with Crippen LogP contribution >= 0.6 is 0 Å². The minimum absolute atomic E-state index is 0.00381. The third-order valence-electron chi connectivity index (χ3n) is 5.82. The molecule has 0 aliphatic heterocycles. The number of pyridine rings is 1. The second-order valence-corrected chi connectivity index (χ2v) is 7.62. The molecule has 3 aromatic rings. The van der Waals surface area contributed by atoms with Crippen molar-refractivity contribution in [1.82, 2.24) is 10.3 Å². The second-order valence-electron chi connectivity index (χ2n) is 7.62. The molecule has 1 aliphatic carbocycles. The molecule has 2 aromatic carbocycles. The molecule has 1 saturated carbocycles. The van der Waals surface area contributed by atoms with E-state index in [-0.39, 0.29) is 18.6 Å². The number of rotatable bonds is 5. The van der Waals surface area contributed by atoms with E-state index >= 15 is 0 Å². The van der Waals surface area contributed by atoms with Gasteiger partial charge in [0.25, 0.3) is 5.91 Å². The number of aromatic nitrogens is 1. The van der Waals surface area contributed by atoms with Crippen molar-refractivity contribution in [2.75, 3.05) is 6.61 Å². The summed E-state index contributed by atoms with van der Waals surface area (Å²) in [5.41, 5.74) is 3.67. The predicted octanol–water partition coefficient (Wildman–Crippen LogP) is 4.57. The molecule has 1 atom stereocenters. The maximum absolute atomic E-state index is 12.7.